The van der Waals surface area contributed by atoms with Gasteiger partial charge in [-0.05, 0) is 35.4 Å². The van der Waals surface area contributed by atoms with Gasteiger partial charge in [0.05, 0.1) is 32.9 Å². The van der Waals surface area contributed by atoms with Crippen molar-refractivity contribution < 1.29 is 27.4 Å². The highest BCUT2D eigenvalue weighted by Gasteiger charge is 2.31. The Balaban J connectivity index is 2.09. The molecular weight excluding hydrogens is 385 g/mol. The second-order valence-electron chi connectivity index (χ2n) is 6.77. The van der Waals surface area contributed by atoms with E-state index < -0.39 is 11.7 Å². The zero-order valence-corrected chi connectivity index (χ0v) is 16.7. The van der Waals surface area contributed by atoms with Crippen LogP contribution in [-0.4, -0.2) is 52.4 Å². The third kappa shape index (κ3) is 4.59. The Morgan fingerprint density at radius 3 is 1.86 bits per heavy atom. The van der Waals surface area contributed by atoms with E-state index in [-0.39, 0.29) is 6.04 Å². The molecule has 0 bridgehead atoms. The van der Waals surface area contributed by atoms with Crippen LogP contribution in [0.15, 0.2) is 36.4 Å². The molecule has 3 rings (SSSR count). The van der Waals surface area contributed by atoms with Crippen molar-refractivity contribution >= 4 is 0 Å². The van der Waals surface area contributed by atoms with Crippen LogP contribution in [0.5, 0.6) is 17.2 Å². The van der Waals surface area contributed by atoms with Crippen LogP contribution in [0.25, 0.3) is 0 Å². The van der Waals surface area contributed by atoms with Gasteiger partial charge in [0.15, 0.2) is 11.5 Å². The Bertz CT molecular complexity index is 794. The minimum atomic E-state index is -4.37. The maximum Gasteiger partial charge on any atom is 0.416 e. The Kier molecular flexibility index (Phi) is 6.54. The van der Waals surface area contributed by atoms with E-state index in [1.807, 2.05) is 12.1 Å². The first-order valence-corrected chi connectivity index (χ1v) is 9.31. The highest BCUT2D eigenvalue weighted by atomic mass is 19.4. The molecule has 158 valence electrons. The average molecular weight is 410 g/mol. The molecule has 29 heavy (non-hydrogen) atoms. The van der Waals surface area contributed by atoms with Crippen molar-refractivity contribution in [3.63, 3.8) is 0 Å². The first-order chi connectivity index (χ1) is 13.9. The molecule has 0 aliphatic carbocycles. The van der Waals surface area contributed by atoms with Gasteiger partial charge in [0, 0.05) is 26.2 Å². The lowest BCUT2D eigenvalue weighted by Crippen LogP contribution is -2.45. The van der Waals surface area contributed by atoms with Crippen molar-refractivity contribution in [3.8, 4) is 17.2 Å². The monoisotopic (exact) mass is 410 g/mol. The van der Waals surface area contributed by atoms with E-state index in [4.69, 9.17) is 14.2 Å². The number of halogens is 3. The SMILES string of the molecule is COc1cc([C@H](c2ccc(C(F)(F)F)cc2)N2CCNCC2)cc(OC)c1OC. The first kappa shape index (κ1) is 21.3. The second-order valence-corrected chi connectivity index (χ2v) is 6.77. The highest BCUT2D eigenvalue weighted by Crippen LogP contribution is 2.42. The second kappa shape index (κ2) is 8.92. The van der Waals surface area contributed by atoms with E-state index in [0.29, 0.717) is 17.2 Å². The van der Waals surface area contributed by atoms with Gasteiger partial charge in [-0.15, -0.1) is 0 Å². The predicted octanol–water partition coefficient (Wildman–Crippen LogP) is 3.73. The summed E-state index contributed by atoms with van der Waals surface area (Å²) in [6.07, 6.45) is -4.37. The van der Waals surface area contributed by atoms with Crippen LogP contribution in [0.2, 0.25) is 0 Å². The third-order valence-corrected chi connectivity index (χ3v) is 5.07. The smallest absolute Gasteiger partial charge is 0.416 e. The molecule has 0 saturated carbocycles. The Hall–Kier alpha value is -2.45. The van der Waals surface area contributed by atoms with Gasteiger partial charge in [0.2, 0.25) is 5.75 Å². The first-order valence-electron chi connectivity index (χ1n) is 9.31. The molecule has 0 unspecified atom stereocenters. The van der Waals surface area contributed by atoms with E-state index in [0.717, 1.165) is 49.4 Å². The van der Waals surface area contributed by atoms with Gasteiger partial charge in [-0.2, -0.15) is 13.2 Å². The average Bonchev–Trinajstić information content (AvgIpc) is 2.73. The number of ether oxygens (including phenoxy) is 3. The molecule has 0 aromatic heterocycles. The number of hydrogen-bond acceptors (Lipinski definition) is 5. The molecular formula is C21H25F3N2O3. The maximum atomic E-state index is 13.0. The number of methoxy groups -OCH3 is 3. The van der Waals surface area contributed by atoms with Crippen LogP contribution < -0.4 is 19.5 Å². The fraction of sp³-hybridized carbons (Fsp3) is 0.429. The highest BCUT2D eigenvalue weighted by molar-refractivity contribution is 5.55. The van der Waals surface area contributed by atoms with Crippen LogP contribution in [0, 0.1) is 0 Å². The molecule has 1 heterocycles. The Morgan fingerprint density at radius 2 is 1.41 bits per heavy atom. The molecule has 0 amide bonds. The molecule has 1 aliphatic heterocycles. The summed E-state index contributed by atoms with van der Waals surface area (Å²) in [6, 6.07) is 8.80. The van der Waals surface area contributed by atoms with Crippen LogP contribution in [-0.2, 0) is 6.18 Å². The van der Waals surface area contributed by atoms with E-state index in [1.54, 1.807) is 26.4 Å². The molecule has 1 fully saturated rings. The zero-order valence-electron chi connectivity index (χ0n) is 16.7. The van der Waals surface area contributed by atoms with Crippen LogP contribution >= 0.6 is 0 Å². The number of nitrogens with one attached hydrogen (secondary N) is 1. The molecule has 1 N–H and O–H groups in total. The maximum absolute atomic E-state index is 13.0. The lowest BCUT2D eigenvalue weighted by Gasteiger charge is -2.36. The van der Waals surface area contributed by atoms with E-state index in [9.17, 15) is 13.2 Å². The third-order valence-electron chi connectivity index (χ3n) is 5.07. The van der Waals surface area contributed by atoms with E-state index in [1.165, 1.54) is 7.11 Å². The number of piperazine rings is 1. The molecule has 1 aliphatic rings. The summed E-state index contributed by atoms with van der Waals surface area (Å²) < 4.78 is 55.4. The van der Waals surface area contributed by atoms with Crippen LogP contribution in [0.1, 0.15) is 22.7 Å². The zero-order chi connectivity index (χ0) is 21.0. The molecule has 0 radical (unpaired) electrons. The largest absolute Gasteiger partial charge is 0.493 e. The molecule has 5 nitrogen and oxygen atoms in total. The number of nitrogens with zero attached hydrogens (tertiary/aromatic N) is 1. The molecule has 2 aromatic carbocycles. The van der Waals surface area contributed by atoms with Gasteiger partial charge >= 0.3 is 6.18 Å². The van der Waals surface area contributed by atoms with E-state index >= 15 is 0 Å². The quantitative estimate of drug-likeness (QED) is 0.786. The van der Waals surface area contributed by atoms with Crippen LogP contribution in [0.4, 0.5) is 13.2 Å². The summed E-state index contributed by atoms with van der Waals surface area (Å²) in [7, 11) is 4.61. The molecule has 8 heteroatoms. The lowest BCUT2D eigenvalue weighted by atomic mass is 9.94. The number of alkyl halides is 3. The lowest BCUT2D eigenvalue weighted by molar-refractivity contribution is -0.137. The fourth-order valence-electron chi connectivity index (χ4n) is 3.67. The predicted molar refractivity (Wildman–Crippen MR) is 104 cm³/mol. The minimum Gasteiger partial charge on any atom is -0.493 e. The standard InChI is InChI=1S/C21H25F3N2O3/c1-27-17-12-15(13-18(28-2)20(17)29-3)19(26-10-8-25-9-11-26)14-4-6-16(7-5-14)21(22,23)24/h4-7,12-13,19,25H,8-11H2,1-3H3/t19-/m0/s1. The van der Waals surface area contributed by atoms with Crippen molar-refractivity contribution in [1.82, 2.24) is 10.2 Å². The van der Waals surface area contributed by atoms with Crippen molar-refractivity contribution in [2.24, 2.45) is 0 Å². The minimum absolute atomic E-state index is 0.243. The fourth-order valence-corrected chi connectivity index (χ4v) is 3.67. The van der Waals surface area contributed by atoms with Gasteiger partial charge in [0.1, 0.15) is 0 Å². The molecule has 0 spiro atoms. The molecule has 1 atom stereocenters. The Morgan fingerprint density at radius 1 is 0.862 bits per heavy atom. The van der Waals surface area contributed by atoms with Crippen molar-refractivity contribution in [3.05, 3.63) is 53.1 Å². The number of hydrogen-bond donors (Lipinski definition) is 1. The van der Waals surface area contributed by atoms with Crippen molar-refractivity contribution in [2.75, 3.05) is 47.5 Å². The summed E-state index contributed by atoms with van der Waals surface area (Å²) in [6.45, 7) is 3.15. The van der Waals surface area contributed by atoms with Gasteiger partial charge in [-0.25, -0.2) is 0 Å². The van der Waals surface area contributed by atoms with Crippen molar-refractivity contribution in [1.29, 1.82) is 0 Å². The topological polar surface area (TPSA) is 43.0 Å². The molecule has 1 saturated heterocycles. The number of benzene rings is 2. The summed E-state index contributed by atoms with van der Waals surface area (Å²) in [5, 5.41) is 3.31. The number of rotatable bonds is 6. The molecule has 2 aromatic rings. The van der Waals surface area contributed by atoms with Gasteiger partial charge < -0.3 is 19.5 Å². The van der Waals surface area contributed by atoms with E-state index in [2.05, 4.69) is 10.2 Å². The van der Waals surface area contributed by atoms with Crippen molar-refractivity contribution in [2.45, 2.75) is 12.2 Å². The normalized spacial score (nSPS) is 16.3. The summed E-state index contributed by atoms with van der Waals surface area (Å²) >= 11 is 0. The summed E-state index contributed by atoms with van der Waals surface area (Å²) in [5.41, 5.74) is 0.973. The van der Waals surface area contributed by atoms with Gasteiger partial charge in [-0.1, -0.05) is 12.1 Å². The van der Waals surface area contributed by atoms with Gasteiger partial charge in [0.25, 0.3) is 0 Å². The Labute approximate surface area is 168 Å². The summed E-state index contributed by atoms with van der Waals surface area (Å²) in [4.78, 5) is 2.24. The summed E-state index contributed by atoms with van der Waals surface area (Å²) in [5.74, 6) is 1.49. The van der Waals surface area contributed by atoms with Gasteiger partial charge in [-0.3, -0.25) is 4.90 Å². The van der Waals surface area contributed by atoms with Crippen LogP contribution in [0.3, 0.4) is 0 Å².